The number of aromatic nitrogens is 3. The summed E-state index contributed by atoms with van der Waals surface area (Å²) in [6.45, 7) is 1.55. The second-order valence-electron chi connectivity index (χ2n) is 13.9. The molecule has 0 unspecified atom stereocenters. The average Bonchev–Trinajstić information content (AvgIpc) is 3.48. The summed E-state index contributed by atoms with van der Waals surface area (Å²) < 4.78 is 2.34. The molecule has 0 saturated heterocycles. The molecule has 0 saturated carbocycles. The maximum atomic E-state index is 9.71. The molecule has 0 amide bonds. The van der Waals surface area contributed by atoms with E-state index in [4.69, 9.17) is 0 Å². The van der Waals surface area contributed by atoms with Gasteiger partial charge in [0.05, 0.1) is 22.7 Å². The van der Waals surface area contributed by atoms with E-state index in [-0.39, 0.29) is 0 Å². The minimum absolute atomic E-state index is 0.664. The van der Waals surface area contributed by atoms with Crippen LogP contribution in [0, 0.1) is 11.3 Å². The van der Waals surface area contributed by atoms with Crippen molar-refractivity contribution in [3.8, 4) is 56.3 Å². The monoisotopic (exact) mass is 691 g/mol. The van der Waals surface area contributed by atoms with Crippen molar-refractivity contribution < 1.29 is 0 Å². The summed E-state index contributed by atoms with van der Waals surface area (Å²) in [7, 11) is 0. The first-order valence-electron chi connectivity index (χ1n) is 18.2. The van der Waals surface area contributed by atoms with Gasteiger partial charge in [0.25, 0.3) is 0 Å². The van der Waals surface area contributed by atoms with E-state index in [1.54, 1.807) is 0 Å². The second kappa shape index (κ2) is 13.0. The van der Waals surface area contributed by atoms with Gasteiger partial charge in [-0.3, -0.25) is 9.97 Å². The molecule has 5 heteroatoms. The minimum atomic E-state index is 0.664. The van der Waals surface area contributed by atoms with Gasteiger partial charge in [-0.2, -0.15) is 5.26 Å². The molecule has 0 fully saturated rings. The zero-order chi connectivity index (χ0) is 36.0. The van der Waals surface area contributed by atoms with Crippen LogP contribution in [-0.2, 0) is 13.1 Å². The molecule has 54 heavy (non-hydrogen) atoms. The topological polar surface area (TPSA) is 57.7 Å². The highest BCUT2D eigenvalue weighted by atomic mass is 15.1. The van der Waals surface area contributed by atoms with E-state index in [0.29, 0.717) is 5.56 Å². The molecule has 0 radical (unpaired) electrons. The summed E-state index contributed by atoms with van der Waals surface area (Å²) >= 11 is 0. The van der Waals surface area contributed by atoms with Crippen LogP contribution in [0.25, 0.3) is 72.0 Å². The average molecular weight is 692 g/mol. The molecule has 0 N–H and O–H groups in total. The molecular formula is C49H33N5. The van der Waals surface area contributed by atoms with E-state index >= 15 is 0 Å². The van der Waals surface area contributed by atoms with Crippen molar-refractivity contribution in [2.45, 2.75) is 13.1 Å². The summed E-state index contributed by atoms with van der Waals surface area (Å²) in [5, 5.41) is 11.9. The zero-order valence-corrected chi connectivity index (χ0v) is 29.4. The summed E-state index contributed by atoms with van der Waals surface area (Å²) in [6.07, 6.45) is 7.48. The van der Waals surface area contributed by atoms with Crippen molar-refractivity contribution in [2.24, 2.45) is 0 Å². The summed E-state index contributed by atoms with van der Waals surface area (Å²) in [4.78, 5) is 11.3. The third kappa shape index (κ3) is 5.49. The van der Waals surface area contributed by atoms with Crippen LogP contribution in [0.4, 0.5) is 5.69 Å². The number of pyridine rings is 2. The number of para-hydroxylation sites is 2. The van der Waals surface area contributed by atoms with Gasteiger partial charge in [-0.05, 0) is 129 Å². The third-order valence-electron chi connectivity index (χ3n) is 10.6. The predicted molar refractivity (Wildman–Crippen MR) is 219 cm³/mol. The van der Waals surface area contributed by atoms with Gasteiger partial charge in [0.15, 0.2) is 0 Å². The normalized spacial score (nSPS) is 12.2. The number of hydrogen-bond acceptors (Lipinski definition) is 4. The van der Waals surface area contributed by atoms with Gasteiger partial charge >= 0.3 is 0 Å². The van der Waals surface area contributed by atoms with Gasteiger partial charge in [0.2, 0.25) is 0 Å². The van der Waals surface area contributed by atoms with E-state index < -0.39 is 0 Å². The van der Waals surface area contributed by atoms with Crippen molar-refractivity contribution in [3.63, 3.8) is 0 Å². The number of anilines is 1. The standard InChI is InChI=1S/C49H33N5/c50-28-33-14-19-49-47(22-33)45-12-4-5-13-48(45)54(49)43-17-15-37-31-53(42-10-2-1-3-11-42)32-41-23-34(16-18-44(41)46(37)27-43)38-24-39(35-8-6-20-51-29-35)26-40(25-38)36-9-7-21-52-30-36/h1-27,29-30H,31-32H2. The largest absolute Gasteiger partial charge is 0.363 e. The summed E-state index contributed by atoms with van der Waals surface area (Å²) in [6, 6.07) is 56.4. The van der Waals surface area contributed by atoms with Crippen molar-refractivity contribution in [2.75, 3.05) is 4.90 Å². The maximum Gasteiger partial charge on any atom is 0.0991 e. The molecule has 10 rings (SSSR count). The van der Waals surface area contributed by atoms with Gasteiger partial charge in [-0.15, -0.1) is 0 Å². The lowest BCUT2D eigenvalue weighted by Crippen LogP contribution is -2.20. The minimum Gasteiger partial charge on any atom is -0.363 e. The number of benzene rings is 6. The Hall–Kier alpha value is -7.29. The second-order valence-corrected chi connectivity index (χ2v) is 13.9. The third-order valence-corrected chi connectivity index (χ3v) is 10.6. The molecule has 4 heterocycles. The molecule has 9 aromatic rings. The highest BCUT2D eigenvalue weighted by Gasteiger charge is 2.23. The van der Waals surface area contributed by atoms with Crippen LogP contribution in [0.15, 0.2) is 176 Å². The zero-order valence-electron chi connectivity index (χ0n) is 29.4. The van der Waals surface area contributed by atoms with E-state index in [1.165, 1.54) is 27.9 Å². The smallest absolute Gasteiger partial charge is 0.0991 e. The van der Waals surface area contributed by atoms with Gasteiger partial charge in [-0.25, -0.2) is 0 Å². The van der Waals surface area contributed by atoms with Crippen LogP contribution in [0.2, 0.25) is 0 Å². The molecule has 0 bridgehead atoms. The number of rotatable bonds is 5. The van der Waals surface area contributed by atoms with Crippen LogP contribution < -0.4 is 4.90 Å². The van der Waals surface area contributed by atoms with Crippen molar-refractivity contribution in [1.29, 1.82) is 5.26 Å². The van der Waals surface area contributed by atoms with Crippen LogP contribution in [0.1, 0.15) is 16.7 Å². The SMILES string of the molecule is N#Cc1ccc2c(c1)c1ccccc1n2-c1ccc2c(c1)-c1ccc(-c3cc(-c4cccnc4)cc(-c4cccnc4)c3)cc1CN(c1ccccc1)C2. The van der Waals surface area contributed by atoms with E-state index in [9.17, 15) is 5.26 Å². The van der Waals surface area contributed by atoms with Gasteiger partial charge in [0.1, 0.15) is 0 Å². The van der Waals surface area contributed by atoms with Crippen LogP contribution in [-0.4, -0.2) is 14.5 Å². The number of fused-ring (bicyclic) bond motifs is 6. The first kappa shape index (κ1) is 31.4. The highest BCUT2D eigenvalue weighted by molar-refractivity contribution is 6.09. The van der Waals surface area contributed by atoms with Gasteiger partial charge < -0.3 is 9.47 Å². The molecule has 3 aromatic heterocycles. The Morgan fingerprint density at radius 3 is 1.87 bits per heavy atom. The first-order chi connectivity index (χ1) is 26.7. The van der Waals surface area contributed by atoms with Crippen molar-refractivity contribution in [1.82, 2.24) is 14.5 Å². The molecule has 0 aliphatic carbocycles. The van der Waals surface area contributed by atoms with E-state index in [2.05, 4.69) is 153 Å². The van der Waals surface area contributed by atoms with Crippen LogP contribution in [0.5, 0.6) is 0 Å². The van der Waals surface area contributed by atoms with E-state index in [1.807, 2.05) is 49.1 Å². The molecule has 1 aliphatic heterocycles. The fourth-order valence-corrected chi connectivity index (χ4v) is 8.06. The van der Waals surface area contributed by atoms with Crippen LogP contribution >= 0.6 is 0 Å². The van der Waals surface area contributed by atoms with Gasteiger partial charge in [0, 0.05) is 71.2 Å². The Morgan fingerprint density at radius 1 is 0.463 bits per heavy atom. The predicted octanol–water partition coefficient (Wildman–Crippen LogP) is 11.6. The number of hydrogen-bond donors (Lipinski definition) is 0. The number of nitrogens with zero attached hydrogens (tertiary/aromatic N) is 5. The van der Waals surface area contributed by atoms with Crippen molar-refractivity contribution in [3.05, 3.63) is 193 Å². The molecule has 5 nitrogen and oxygen atoms in total. The summed E-state index contributed by atoms with van der Waals surface area (Å²) in [5.74, 6) is 0. The fourth-order valence-electron chi connectivity index (χ4n) is 8.06. The molecule has 1 aliphatic rings. The number of nitriles is 1. The Kier molecular flexibility index (Phi) is 7.59. The lowest BCUT2D eigenvalue weighted by Gasteiger charge is -2.24. The Labute approximate surface area is 313 Å². The highest BCUT2D eigenvalue weighted by Crippen LogP contribution is 2.41. The molecular weight excluding hydrogens is 659 g/mol. The Morgan fingerprint density at radius 2 is 1.15 bits per heavy atom. The Bertz CT molecular complexity index is 2830. The molecule has 6 aromatic carbocycles. The first-order valence-corrected chi connectivity index (χ1v) is 18.2. The molecule has 254 valence electrons. The fraction of sp³-hybridized carbons (Fsp3) is 0.0408. The lowest BCUT2D eigenvalue weighted by atomic mass is 9.90. The van der Waals surface area contributed by atoms with Crippen LogP contribution in [0.3, 0.4) is 0 Å². The molecule has 0 spiro atoms. The van der Waals surface area contributed by atoms with E-state index in [0.717, 1.165) is 74.0 Å². The van der Waals surface area contributed by atoms with Gasteiger partial charge in [-0.1, -0.05) is 66.7 Å². The summed E-state index contributed by atoms with van der Waals surface area (Å²) in [5.41, 5.74) is 16.8. The quantitative estimate of drug-likeness (QED) is 0.180. The Balaban J connectivity index is 1.16. The molecule has 0 atom stereocenters. The lowest BCUT2D eigenvalue weighted by molar-refractivity contribution is 0.812. The van der Waals surface area contributed by atoms with Crippen molar-refractivity contribution >= 4 is 27.5 Å². The maximum absolute atomic E-state index is 9.71.